The van der Waals surface area contributed by atoms with Crippen molar-refractivity contribution >= 4 is 23.2 Å². The van der Waals surface area contributed by atoms with E-state index in [1.807, 2.05) is 0 Å². The first-order valence-electron chi connectivity index (χ1n) is 8.80. The third-order valence-corrected chi connectivity index (χ3v) is 4.25. The Morgan fingerprint density at radius 2 is 0.933 bits per heavy atom. The van der Waals surface area contributed by atoms with Crippen molar-refractivity contribution in [2.45, 2.75) is 25.2 Å². The normalized spacial score (nSPS) is 13.9. The van der Waals surface area contributed by atoms with Gasteiger partial charge in [0.25, 0.3) is 0 Å². The number of carbonyl (C=O) groups excluding carboxylic acids is 2. The summed E-state index contributed by atoms with van der Waals surface area (Å²) in [5.74, 6) is -8.63. The van der Waals surface area contributed by atoms with Gasteiger partial charge in [0, 0.05) is 24.2 Å². The fourth-order valence-electron chi connectivity index (χ4n) is 2.84. The number of amides is 2. The molecule has 2 atom stereocenters. The predicted octanol–water partition coefficient (Wildman–Crippen LogP) is 5.40. The van der Waals surface area contributed by atoms with E-state index in [1.54, 1.807) is 12.1 Å². The average molecular weight is 432 g/mol. The number of halogens is 6. The standard InChI is InChI=1S/C20H18F6N2O2/c21-19(22,23)15(11-17(29)27-13-7-3-1-4-8-13)16(20(24,25)26)12-18(30)28-14-9-5-2-6-10-14/h1-10,15-16H,11-12H2,(H,27,29)(H,28,30). The van der Waals surface area contributed by atoms with E-state index in [1.165, 1.54) is 48.5 Å². The minimum absolute atomic E-state index is 0.147. The van der Waals surface area contributed by atoms with Crippen molar-refractivity contribution in [1.82, 2.24) is 0 Å². The van der Waals surface area contributed by atoms with Crippen LogP contribution >= 0.6 is 0 Å². The van der Waals surface area contributed by atoms with Gasteiger partial charge < -0.3 is 10.6 Å². The molecule has 0 spiro atoms. The molecule has 0 aliphatic carbocycles. The van der Waals surface area contributed by atoms with Gasteiger partial charge >= 0.3 is 12.4 Å². The molecule has 0 saturated heterocycles. The molecule has 0 bridgehead atoms. The summed E-state index contributed by atoms with van der Waals surface area (Å²) in [7, 11) is 0. The van der Waals surface area contributed by atoms with Crippen molar-refractivity contribution in [2.24, 2.45) is 11.8 Å². The van der Waals surface area contributed by atoms with E-state index in [0.29, 0.717) is 0 Å². The molecule has 0 aliphatic heterocycles. The zero-order chi connectivity index (χ0) is 22.4. The van der Waals surface area contributed by atoms with Gasteiger partial charge in [0.05, 0.1) is 11.8 Å². The number of rotatable bonds is 7. The maximum absolute atomic E-state index is 13.5. The number of para-hydroxylation sites is 2. The van der Waals surface area contributed by atoms with Crippen LogP contribution in [0.1, 0.15) is 12.8 Å². The largest absolute Gasteiger partial charge is 0.392 e. The predicted molar refractivity (Wildman–Crippen MR) is 98.5 cm³/mol. The van der Waals surface area contributed by atoms with Crippen molar-refractivity contribution in [1.29, 1.82) is 0 Å². The number of anilines is 2. The van der Waals surface area contributed by atoms with Crippen molar-refractivity contribution in [3.8, 4) is 0 Å². The van der Waals surface area contributed by atoms with E-state index in [2.05, 4.69) is 10.6 Å². The van der Waals surface area contributed by atoms with E-state index in [9.17, 15) is 35.9 Å². The monoisotopic (exact) mass is 432 g/mol. The molecule has 162 valence electrons. The third-order valence-electron chi connectivity index (χ3n) is 4.25. The average Bonchev–Trinajstić information content (AvgIpc) is 2.64. The number of alkyl halides is 6. The summed E-state index contributed by atoms with van der Waals surface area (Å²) in [6.07, 6.45) is -13.6. The molecular weight excluding hydrogens is 414 g/mol. The molecule has 0 radical (unpaired) electrons. The molecule has 0 heterocycles. The maximum atomic E-state index is 13.5. The maximum Gasteiger partial charge on any atom is 0.392 e. The van der Waals surface area contributed by atoms with Crippen LogP contribution in [0.4, 0.5) is 37.7 Å². The van der Waals surface area contributed by atoms with Crippen LogP contribution in [0.15, 0.2) is 60.7 Å². The van der Waals surface area contributed by atoms with E-state index in [4.69, 9.17) is 0 Å². The Balaban J connectivity index is 2.18. The van der Waals surface area contributed by atoms with Crippen LogP contribution in [0, 0.1) is 11.8 Å². The van der Waals surface area contributed by atoms with Crippen LogP contribution in [0.25, 0.3) is 0 Å². The number of nitrogens with one attached hydrogen (secondary N) is 2. The van der Waals surface area contributed by atoms with Crippen molar-refractivity contribution in [2.75, 3.05) is 10.6 Å². The molecule has 4 nitrogen and oxygen atoms in total. The highest BCUT2D eigenvalue weighted by atomic mass is 19.4. The molecule has 2 aromatic rings. The lowest BCUT2D eigenvalue weighted by atomic mass is 9.85. The molecule has 2 unspecified atom stereocenters. The number of hydrogen-bond donors (Lipinski definition) is 2. The van der Waals surface area contributed by atoms with E-state index >= 15 is 0 Å². The molecular formula is C20H18F6N2O2. The van der Waals surface area contributed by atoms with E-state index in [-0.39, 0.29) is 11.4 Å². The summed E-state index contributed by atoms with van der Waals surface area (Å²) >= 11 is 0. The lowest BCUT2D eigenvalue weighted by molar-refractivity contribution is -0.254. The number of benzene rings is 2. The molecule has 0 aromatic heterocycles. The van der Waals surface area contributed by atoms with Gasteiger partial charge in [-0.3, -0.25) is 9.59 Å². The van der Waals surface area contributed by atoms with Crippen LogP contribution in [-0.2, 0) is 9.59 Å². The SMILES string of the molecule is O=C(CC(C(CC(=O)Nc1ccccc1)C(F)(F)F)C(F)(F)F)Nc1ccccc1. The van der Waals surface area contributed by atoms with Gasteiger partial charge in [-0.25, -0.2) is 0 Å². The van der Waals surface area contributed by atoms with Crippen LogP contribution < -0.4 is 10.6 Å². The van der Waals surface area contributed by atoms with Gasteiger partial charge in [0.15, 0.2) is 0 Å². The summed E-state index contributed by atoms with van der Waals surface area (Å²) in [4.78, 5) is 24.0. The summed E-state index contributed by atoms with van der Waals surface area (Å²) in [6.45, 7) is 0. The second-order valence-electron chi connectivity index (χ2n) is 6.53. The summed E-state index contributed by atoms with van der Waals surface area (Å²) in [6, 6.07) is 14.7. The first kappa shape index (κ1) is 23.2. The molecule has 0 aliphatic rings. The zero-order valence-corrected chi connectivity index (χ0v) is 15.4. The van der Waals surface area contributed by atoms with Crippen LogP contribution in [0.2, 0.25) is 0 Å². The molecule has 2 aromatic carbocycles. The Morgan fingerprint density at radius 1 is 0.633 bits per heavy atom. The van der Waals surface area contributed by atoms with Crippen molar-refractivity contribution < 1.29 is 35.9 Å². The molecule has 0 fully saturated rings. The second kappa shape index (κ2) is 9.64. The Bertz CT molecular complexity index is 766. The van der Waals surface area contributed by atoms with Gasteiger partial charge in [-0.2, -0.15) is 26.3 Å². The van der Waals surface area contributed by atoms with Gasteiger partial charge in [-0.05, 0) is 24.3 Å². The fourth-order valence-corrected chi connectivity index (χ4v) is 2.84. The smallest absolute Gasteiger partial charge is 0.326 e. The zero-order valence-electron chi connectivity index (χ0n) is 15.4. The summed E-state index contributed by atoms with van der Waals surface area (Å²) in [5, 5.41) is 4.27. The molecule has 2 amide bonds. The van der Waals surface area contributed by atoms with Gasteiger partial charge in [-0.1, -0.05) is 36.4 Å². The number of hydrogen-bond acceptors (Lipinski definition) is 2. The quantitative estimate of drug-likeness (QED) is 0.576. The van der Waals surface area contributed by atoms with E-state index < -0.39 is 48.8 Å². The fraction of sp³-hybridized carbons (Fsp3) is 0.300. The highest BCUT2D eigenvalue weighted by Gasteiger charge is 2.56. The van der Waals surface area contributed by atoms with Gasteiger partial charge in [0.1, 0.15) is 0 Å². The Kier molecular flexibility index (Phi) is 7.47. The summed E-state index contributed by atoms with van der Waals surface area (Å²) < 4.78 is 80.8. The minimum Gasteiger partial charge on any atom is -0.326 e. The summed E-state index contributed by atoms with van der Waals surface area (Å²) in [5.41, 5.74) is 0.294. The Hall–Kier alpha value is -3.04. The number of carbonyl (C=O) groups is 2. The van der Waals surface area contributed by atoms with E-state index in [0.717, 1.165) is 0 Å². The van der Waals surface area contributed by atoms with Crippen LogP contribution in [0.3, 0.4) is 0 Å². The molecule has 2 rings (SSSR count). The second-order valence-corrected chi connectivity index (χ2v) is 6.53. The first-order chi connectivity index (χ1) is 14.0. The highest BCUT2D eigenvalue weighted by molar-refractivity contribution is 5.92. The van der Waals surface area contributed by atoms with Crippen LogP contribution in [0.5, 0.6) is 0 Å². The van der Waals surface area contributed by atoms with Crippen LogP contribution in [-0.4, -0.2) is 24.2 Å². The highest BCUT2D eigenvalue weighted by Crippen LogP contribution is 2.44. The van der Waals surface area contributed by atoms with Gasteiger partial charge in [0.2, 0.25) is 11.8 Å². The lowest BCUT2D eigenvalue weighted by Crippen LogP contribution is -2.42. The topological polar surface area (TPSA) is 58.2 Å². The minimum atomic E-state index is -5.35. The molecule has 2 N–H and O–H groups in total. The van der Waals surface area contributed by atoms with Crippen molar-refractivity contribution in [3.63, 3.8) is 0 Å². The van der Waals surface area contributed by atoms with Crippen molar-refractivity contribution in [3.05, 3.63) is 60.7 Å². The van der Waals surface area contributed by atoms with Gasteiger partial charge in [-0.15, -0.1) is 0 Å². The molecule has 10 heteroatoms. The Morgan fingerprint density at radius 3 is 1.20 bits per heavy atom. The lowest BCUT2D eigenvalue weighted by Gasteiger charge is -2.30. The third kappa shape index (κ3) is 7.09. The molecule has 0 saturated carbocycles. The molecule has 30 heavy (non-hydrogen) atoms. The Labute approximate surface area is 168 Å². The first-order valence-corrected chi connectivity index (χ1v) is 8.80.